The van der Waals surface area contributed by atoms with Crippen LogP contribution in [0, 0.1) is 0 Å². The van der Waals surface area contributed by atoms with Crippen molar-refractivity contribution in [3.8, 4) is 0 Å². The zero-order valence-electron chi connectivity index (χ0n) is 11.2. The van der Waals surface area contributed by atoms with Crippen LogP contribution >= 0.6 is 0 Å². The molecule has 0 bridgehead atoms. The first-order chi connectivity index (χ1) is 9.28. The summed E-state index contributed by atoms with van der Waals surface area (Å²) in [5, 5.41) is 12.4. The summed E-state index contributed by atoms with van der Waals surface area (Å²) in [5.41, 5.74) is 0.712. The van der Waals surface area contributed by atoms with E-state index in [4.69, 9.17) is 0 Å². The van der Waals surface area contributed by atoms with E-state index in [0.29, 0.717) is 5.56 Å². The molecule has 1 aromatic carbocycles. The van der Waals surface area contributed by atoms with Gasteiger partial charge in [-0.1, -0.05) is 30.3 Å². The van der Waals surface area contributed by atoms with E-state index >= 15 is 0 Å². The lowest BCUT2D eigenvalue weighted by Gasteiger charge is -2.18. The summed E-state index contributed by atoms with van der Waals surface area (Å²) < 4.78 is 35.9. The van der Waals surface area contributed by atoms with Crippen molar-refractivity contribution in [2.75, 3.05) is 0 Å². The van der Waals surface area contributed by atoms with Crippen LogP contribution in [-0.4, -0.2) is 23.2 Å². The van der Waals surface area contributed by atoms with Crippen molar-refractivity contribution in [3.05, 3.63) is 35.9 Å². The first-order valence-electron chi connectivity index (χ1n) is 6.37. The summed E-state index contributed by atoms with van der Waals surface area (Å²) in [7, 11) is 0. The van der Waals surface area contributed by atoms with Crippen molar-refractivity contribution in [3.63, 3.8) is 0 Å². The maximum absolute atomic E-state index is 12.0. The average Bonchev–Trinajstić information content (AvgIpc) is 2.36. The summed E-state index contributed by atoms with van der Waals surface area (Å²) in [6, 6.07) is 8.49. The highest BCUT2D eigenvalue weighted by atomic mass is 19.4. The molecule has 2 atom stereocenters. The Bertz CT molecular complexity index is 420. The maximum atomic E-state index is 12.0. The fourth-order valence-corrected chi connectivity index (χ4v) is 1.81. The van der Waals surface area contributed by atoms with Gasteiger partial charge in [-0.3, -0.25) is 4.79 Å². The standard InChI is InChI=1S/C14H18F3NO2/c1-10(18-13(20)7-8-14(15,16)17)9-12(19)11-5-3-2-4-6-11/h2-6,10,12,19H,7-9H2,1H3,(H,18,20)/t10-,12-/m1/s1. The third-order valence-electron chi connectivity index (χ3n) is 2.80. The van der Waals surface area contributed by atoms with Crippen LogP contribution in [0.15, 0.2) is 30.3 Å². The molecule has 0 unspecified atom stereocenters. The largest absolute Gasteiger partial charge is 0.389 e. The minimum absolute atomic E-state index is 0.252. The minimum Gasteiger partial charge on any atom is -0.388 e. The monoisotopic (exact) mass is 289 g/mol. The van der Waals surface area contributed by atoms with Gasteiger partial charge in [0, 0.05) is 12.5 Å². The Hall–Kier alpha value is -1.56. The van der Waals surface area contributed by atoms with Crippen LogP contribution in [0.5, 0.6) is 0 Å². The van der Waals surface area contributed by atoms with Gasteiger partial charge in [0.15, 0.2) is 0 Å². The Kier molecular flexibility index (Phi) is 6.01. The number of rotatable bonds is 6. The van der Waals surface area contributed by atoms with E-state index in [0.717, 1.165) is 0 Å². The Morgan fingerprint density at radius 1 is 1.30 bits per heavy atom. The third kappa shape index (κ3) is 6.56. The van der Waals surface area contributed by atoms with Crippen molar-refractivity contribution >= 4 is 5.91 Å². The van der Waals surface area contributed by atoms with Gasteiger partial charge < -0.3 is 10.4 Å². The summed E-state index contributed by atoms with van der Waals surface area (Å²) >= 11 is 0. The Morgan fingerprint density at radius 3 is 2.45 bits per heavy atom. The van der Waals surface area contributed by atoms with Gasteiger partial charge in [0.1, 0.15) is 0 Å². The number of aliphatic hydroxyl groups is 1. The summed E-state index contributed by atoms with van der Waals surface area (Å²) in [6.45, 7) is 1.65. The van der Waals surface area contributed by atoms with Crippen LogP contribution in [0.4, 0.5) is 13.2 Å². The number of halogens is 3. The molecular formula is C14H18F3NO2. The van der Waals surface area contributed by atoms with Crippen LogP contribution in [0.25, 0.3) is 0 Å². The van der Waals surface area contributed by atoms with E-state index in [1.54, 1.807) is 31.2 Å². The molecule has 1 aromatic rings. The van der Waals surface area contributed by atoms with Crippen molar-refractivity contribution in [1.82, 2.24) is 5.32 Å². The summed E-state index contributed by atoms with van der Waals surface area (Å²) in [5.74, 6) is -0.657. The molecule has 1 rings (SSSR count). The number of amides is 1. The zero-order chi connectivity index (χ0) is 15.2. The number of hydrogen-bond donors (Lipinski definition) is 2. The number of hydrogen-bond acceptors (Lipinski definition) is 2. The third-order valence-corrected chi connectivity index (χ3v) is 2.80. The van der Waals surface area contributed by atoms with Gasteiger partial charge in [0.2, 0.25) is 5.91 Å². The van der Waals surface area contributed by atoms with Gasteiger partial charge in [-0.2, -0.15) is 13.2 Å². The number of aliphatic hydroxyl groups excluding tert-OH is 1. The lowest BCUT2D eigenvalue weighted by Crippen LogP contribution is -2.34. The molecule has 20 heavy (non-hydrogen) atoms. The second kappa shape index (κ2) is 7.28. The second-order valence-corrected chi connectivity index (χ2v) is 4.75. The SMILES string of the molecule is C[C@H](C[C@@H](O)c1ccccc1)NC(=O)CCC(F)(F)F. The molecule has 0 radical (unpaired) electrons. The summed E-state index contributed by atoms with van der Waals surface area (Å²) in [6.07, 6.45) is -6.55. The van der Waals surface area contributed by atoms with Crippen LogP contribution in [-0.2, 0) is 4.79 Å². The number of carbonyl (C=O) groups is 1. The van der Waals surface area contributed by atoms with E-state index in [1.807, 2.05) is 6.07 Å². The predicted octanol–water partition coefficient (Wildman–Crippen LogP) is 2.96. The van der Waals surface area contributed by atoms with Gasteiger partial charge in [-0.25, -0.2) is 0 Å². The fourth-order valence-electron chi connectivity index (χ4n) is 1.81. The first-order valence-corrected chi connectivity index (χ1v) is 6.37. The van der Waals surface area contributed by atoms with Gasteiger partial charge in [-0.15, -0.1) is 0 Å². The predicted molar refractivity (Wildman–Crippen MR) is 68.9 cm³/mol. The molecule has 0 fully saturated rings. The van der Waals surface area contributed by atoms with Gasteiger partial charge in [0.25, 0.3) is 0 Å². The zero-order valence-corrected chi connectivity index (χ0v) is 11.2. The van der Waals surface area contributed by atoms with Gasteiger partial charge in [0.05, 0.1) is 12.5 Å². The quantitative estimate of drug-likeness (QED) is 0.846. The Balaban J connectivity index is 2.36. The van der Waals surface area contributed by atoms with Gasteiger partial charge >= 0.3 is 6.18 Å². The molecule has 1 amide bonds. The van der Waals surface area contributed by atoms with Crippen molar-refractivity contribution < 1.29 is 23.1 Å². The summed E-state index contributed by atoms with van der Waals surface area (Å²) in [4.78, 5) is 11.3. The smallest absolute Gasteiger partial charge is 0.388 e. The first kappa shape index (κ1) is 16.5. The van der Waals surface area contributed by atoms with E-state index in [9.17, 15) is 23.1 Å². The number of benzene rings is 1. The van der Waals surface area contributed by atoms with E-state index in [1.165, 1.54) is 0 Å². The lowest BCUT2D eigenvalue weighted by molar-refractivity contribution is -0.144. The molecular weight excluding hydrogens is 271 g/mol. The Morgan fingerprint density at radius 2 is 1.90 bits per heavy atom. The minimum atomic E-state index is -4.33. The highest BCUT2D eigenvalue weighted by molar-refractivity contribution is 5.76. The van der Waals surface area contributed by atoms with E-state index in [-0.39, 0.29) is 6.42 Å². The topological polar surface area (TPSA) is 49.3 Å². The van der Waals surface area contributed by atoms with Crippen LogP contribution < -0.4 is 5.32 Å². The van der Waals surface area contributed by atoms with Crippen molar-refractivity contribution in [2.24, 2.45) is 0 Å². The molecule has 0 heterocycles. The van der Waals surface area contributed by atoms with Crippen LogP contribution in [0.3, 0.4) is 0 Å². The molecule has 0 aromatic heterocycles. The Labute approximate surface area is 115 Å². The van der Waals surface area contributed by atoms with Gasteiger partial charge in [-0.05, 0) is 18.9 Å². The van der Waals surface area contributed by atoms with Crippen molar-refractivity contribution in [2.45, 2.75) is 44.5 Å². The fraction of sp³-hybridized carbons (Fsp3) is 0.500. The van der Waals surface area contributed by atoms with Crippen LogP contribution in [0.1, 0.15) is 37.9 Å². The molecule has 0 aliphatic rings. The number of alkyl halides is 3. The molecule has 0 saturated carbocycles. The van der Waals surface area contributed by atoms with Crippen molar-refractivity contribution in [1.29, 1.82) is 0 Å². The maximum Gasteiger partial charge on any atom is 0.389 e. The highest BCUT2D eigenvalue weighted by Crippen LogP contribution is 2.21. The molecule has 0 spiro atoms. The molecule has 0 aliphatic carbocycles. The molecule has 0 saturated heterocycles. The number of carbonyl (C=O) groups excluding carboxylic acids is 1. The second-order valence-electron chi connectivity index (χ2n) is 4.75. The van der Waals surface area contributed by atoms with Crippen LogP contribution in [0.2, 0.25) is 0 Å². The molecule has 0 aliphatic heterocycles. The van der Waals surface area contributed by atoms with E-state index < -0.39 is 37.1 Å². The molecule has 6 heteroatoms. The average molecular weight is 289 g/mol. The normalized spacial score (nSPS) is 14.7. The molecule has 2 N–H and O–H groups in total. The number of nitrogens with one attached hydrogen (secondary N) is 1. The molecule has 112 valence electrons. The lowest BCUT2D eigenvalue weighted by atomic mass is 10.0. The highest BCUT2D eigenvalue weighted by Gasteiger charge is 2.28. The van der Waals surface area contributed by atoms with E-state index in [2.05, 4.69) is 5.32 Å². The molecule has 3 nitrogen and oxygen atoms in total.